The molecule has 4 nitrogen and oxygen atoms in total. The maximum absolute atomic E-state index is 5.53. The van der Waals surface area contributed by atoms with Crippen LogP contribution in [0.3, 0.4) is 0 Å². The molecule has 0 spiro atoms. The second-order valence-electron chi connectivity index (χ2n) is 4.16. The van der Waals surface area contributed by atoms with E-state index in [1.807, 2.05) is 19.1 Å². The Labute approximate surface area is 102 Å². The lowest BCUT2D eigenvalue weighted by molar-refractivity contribution is 0.561. The molecule has 1 heterocycles. The van der Waals surface area contributed by atoms with Gasteiger partial charge in [-0.3, -0.25) is 0 Å². The highest BCUT2D eigenvalue weighted by molar-refractivity contribution is 5.77. The predicted molar refractivity (Wildman–Crippen MR) is 70.6 cm³/mol. The Morgan fingerprint density at radius 2 is 2.24 bits per heavy atom. The van der Waals surface area contributed by atoms with E-state index in [-0.39, 0.29) is 0 Å². The molecule has 0 unspecified atom stereocenters. The molecule has 0 saturated heterocycles. The zero-order valence-electron chi connectivity index (χ0n) is 10.7. The summed E-state index contributed by atoms with van der Waals surface area (Å²) in [7, 11) is 2.09. The molecule has 0 saturated carbocycles. The highest BCUT2D eigenvalue weighted by atomic mass is 16.3. The van der Waals surface area contributed by atoms with Gasteiger partial charge >= 0.3 is 0 Å². The average Bonchev–Trinajstić information content (AvgIpc) is 2.68. The van der Waals surface area contributed by atoms with E-state index in [2.05, 4.69) is 35.2 Å². The van der Waals surface area contributed by atoms with Gasteiger partial charge in [-0.1, -0.05) is 6.92 Å². The van der Waals surface area contributed by atoms with Gasteiger partial charge in [-0.05, 0) is 18.7 Å². The van der Waals surface area contributed by atoms with E-state index in [0.29, 0.717) is 5.89 Å². The van der Waals surface area contributed by atoms with Gasteiger partial charge in [0.05, 0.1) is 0 Å². The Hall–Kier alpha value is -1.55. The molecule has 0 radical (unpaired) electrons. The Balaban J connectivity index is 2.12. The van der Waals surface area contributed by atoms with Crippen LogP contribution in [0.4, 0.5) is 5.69 Å². The van der Waals surface area contributed by atoms with Crippen LogP contribution in [0.15, 0.2) is 22.6 Å². The number of aromatic nitrogens is 1. The third-order valence-corrected chi connectivity index (χ3v) is 2.79. The molecule has 0 amide bonds. The van der Waals surface area contributed by atoms with Gasteiger partial charge in [0.25, 0.3) is 0 Å². The fourth-order valence-corrected chi connectivity index (χ4v) is 1.82. The molecule has 0 bridgehead atoms. The molecule has 0 atom stereocenters. The van der Waals surface area contributed by atoms with Gasteiger partial charge in [0.2, 0.25) is 0 Å². The molecular formula is C13H19N3O. The molecule has 2 rings (SSSR count). The van der Waals surface area contributed by atoms with Crippen LogP contribution in [-0.2, 0) is 0 Å². The van der Waals surface area contributed by atoms with Crippen LogP contribution in [0.25, 0.3) is 11.1 Å². The topological polar surface area (TPSA) is 41.3 Å². The summed E-state index contributed by atoms with van der Waals surface area (Å²) in [4.78, 5) is 6.50. The zero-order valence-corrected chi connectivity index (χ0v) is 10.7. The summed E-state index contributed by atoms with van der Waals surface area (Å²) in [5.41, 5.74) is 2.94. The molecule has 0 aliphatic rings. The van der Waals surface area contributed by atoms with Crippen LogP contribution in [0.5, 0.6) is 0 Å². The van der Waals surface area contributed by atoms with Crippen LogP contribution in [0.1, 0.15) is 12.8 Å². The minimum Gasteiger partial charge on any atom is -0.441 e. The molecule has 1 aromatic carbocycles. The first-order chi connectivity index (χ1) is 8.20. The zero-order chi connectivity index (χ0) is 12.3. The van der Waals surface area contributed by atoms with E-state index >= 15 is 0 Å². The first-order valence-corrected chi connectivity index (χ1v) is 5.99. The van der Waals surface area contributed by atoms with Crippen molar-refractivity contribution in [1.82, 2.24) is 10.3 Å². The summed E-state index contributed by atoms with van der Waals surface area (Å²) >= 11 is 0. The van der Waals surface area contributed by atoms with E-state index in [9.17, 15) is 0 Å². The number of fused-ring (bicyclic) bond motifs is 1. The summed E-state index contributed by atoms with van der Waals surface area (Å²) in [5.74, 6) is 0.715. The first-order valence-electron chi connectivity index (χ1n) is 5.99. The Morgan fingerprint density at radius 3 is 3.00 bits per heavy atom. The Kier molecular flexibility index (Phi) is 3.64. The maximum Gasteiger partial charge on any atom is 0.192 e. The van der Waals surface area contributed by atoms with Crippen molar-refractivity contribution in [2.24, 2.45) is 0 Å². The fraction of sp³-hybridized carbons (Fsp3) is 0.462. The van der Waals surface area contributed by atoms with Crippen LogP contribution in [0, 0.1) is 6.92 Å². The quantitative estimate of drug-likeness (QED) is 0.804. The van der Waals surface area contributed by atoms with Gasteiger partial charge in [0.1, 0.15) is 5.52 Å². The van der Waals surface area contributed by atoms with Crippen LogP contribution in [0.2, 0.25) is 0 Å². The van der Waals surface area contributed by atoms with Crippen molar-refractivity contribution in [3.8, 4) is 0 Å². The lowest BCUT2D eigenvalue weighted by Gasteiger charge is -2.19. The van der Waals surface area contributed by atoms with Crippen molar-refractivity contribution in [2.45, 2.75) is 13.8 Å². The number of oxazole rings is 1. The number of benzene rings is 1. The number of hydrogen-bond acceptors (Lipinski definition) is 4. The SMILES string of the molecule is CCNCCN(C)c1ccc2nc(C)oc2c1. The Bertz CT molecular complexity index is 492. The number of anilines is 1. The van der Waals surface area contributed by atoms with Gasteiger partial charge in [0.15, 0.2) is 11.5 Å². The molecule has 92 valence electrons. The highest BCUT2D eigenvalue weighted by Gasteiger charge is 2.05. The van der Waals surface area contributed by atoms with E-state index < -0.39 is 0 Å². The van der Waals surface area contributed by atoms with Gasteiger partial charge in [-0.25, -0.2) is 4.98 Å². The molecule has 2 aromatic rings. The molecule has 0 aliphatic carbocycles. The molecule has 0 fully saturated rings. The van der Waals surface area contributed by atoms with Crippen LogP contribution >= 0.6 is 0 Å². The Morgan fingerprint density at radius 1 is 1.41 bits per heavy atom. The minimum absolute atomic E-state index is 0.715. The number of rotatable bonds is 5. The van der Waals surface area contributed by atoms with Crippen LogP contribution < -0.4 is 10.2 Å². The number of hydrogen-bond donors (Lipinski definition) is 1. The first kappa shape index (κ1) is 11.9. The molecule has 4 heteroatoms. The van der Waals surface area contributed by atoms with E-state index in [1.54, 1.807) is 0 Å². The molecule has 17 heavy (non-hydrogen) atoms. The van der Waals surface area contributed by atoms with Gasteiger partial charge < -0.3 is 14.6 Å². The molecule has 0 aliphatic heterocycles. The van der Waals surface area contributed by atoms with Crippen molar-refractivity contribution in [3.63, 3.8) is 0 Å². The number of nitrogens with one attached hydrogen (secondary N) is 1. The molecule has 1 N–H and O–H groups in total. The summed E-state index contributed by atoms with van der Waals surface area (Å²) in [6, 6.07) is 6.13. The average molecular weight is 233 g/mol. The highest BCUT2D eigenvalue weighted by Crippen LogP contribution is 2.21. The third-order valence-electron chi connectivity index (χ3n) is 2.79. The second-order valence-corrected chi connectivity index (χ2v) is 4.16. The van der Waals surface area contributed by atoms with Crippen molar-refractivity contribution < 1.29 is 4.42 Å². The van der Waals surface area contributed by atoms with Crippen LogP contribution in [-0.4, -0.2) is 31.7 Å². The summed E-state index contributed by atoms with van der Waals surface area (Å²) in [5, 5.41) is 3.31. The number of nitrogens with zero attached hydrogens (tertiary/aromatic N) is 2. The third kappa shape index (κ3) is 2.77. The van der Waals surface area contributed by atoms with Crippen molar-refractivity contribution in [2.75, 3.05) is 31.6 Å². The normalized spacial score (nSPS) is 11.0. The van der Waals surface area contributed by atoms with Crippen molar-refractivity contribution in [1.29, 1.82) is 0 Å². The number of likely N-dealkylation sites (N-methyl/N-ethyl adjacent to an activating group) is 2. The van der Waals surface area contributed by atoms with Gasteiger partial charge in [-0.15, -0.1) is 0 Å². The predicted octanol–water partition coefficient (Wildman–Crippen LogP) is 2.18. The summed E-state index contributed by atoms with van der Waals surface area (Å²) < 4.78 is 5.53. The lowest BCUT2D eigenvalue weighted by Crippen LogP contribution is -2.28. The van der Waals surface area contributed by atoms with Crippen molar-refractivity contribution >= 4 is 16.8 Å². The standard InChI is InChI=1S/C13H19N3O/c1-4-14-7-8-16(3)11-5-6-12-13(9-11)17-10(2)15-12/h5-6,9,14H,4,7-8H2,1-3H3. The number of aryl methyl sites for hydroxylation is 1. The summed E-state index contributed by atoms with van der Waals surface area (Å²) in [6.45, 7) is 6.96. The molecule has 1 aromatic heterocycles. The van der Waals surface area contributed by atoms with E-state index in [1.165, 1.54) is 0 Å². The van der Waals surface area contributed by atoms with E-state index in [0.717, 1.165) is 36.4 Å². The smallest absolute Gasteiger partial charge is 0.192 e. The van der Waals surface area contributed by atoms with Gasteiger partial charge in [0, 0.05) is 38.8 Å². The largest absolute Gasteiger partial charge is 0.441 e. The monoisotopic (exact) mass is 233 g/mol. The van der Waals surface area contributed by atoms with Gasteiger partial charge in [-0.2, -0.15) is 0 Å². The van der Waals surface area contributed by atoms with Crippen molar-refractivity contribution in [3.05, 3.63) is 24.1 Å². The van der Waals surface area contributed by atoms with E-state index in [4.69, 9.17) is 4.42 Å². The minimum atomic E-state index is 0.715. The summed E-state index contributed by atoms with van der Waals surface area (Å²) in [6.07, 6.45) is 0. The molecular weight excluding hydrogens is 214 g/mol. The maximum atomic E-state index is 5.53. The fourth-order valence-electron chi connectivity index (χ4n) is 1.82. The second kappa shape index (κ2) is 5.19. The lowest BCUT2D eigenvalue weighted by atomic mass is 10.2.